The lowest BCUT2D eigenvalue weighted by atomic mass is 10.1. The third-order valence-corrected chi connectivity index (χ3v) is 4.24. The van der Waals surface area contributed by atoms with Crippen molar-refractivity contribution in [1.29, 1.82) is 0 Å². The van der Waals surface area contributed by atoms with Crippen LogP contribution in [-0.4, -0.2) is 5.91 Å². The summed E-state index contributed by atoms with van der Waals surface area (Å²) < 4.78 is 27.4. The molecule has 2 nitrogen and oxygen atoms in total. The van der Waals surface area contributed by atoms with E-state index in [9.17, 15) is 13.6 Å². The van der Waals surface area contributed by atoms with Crippen molar-refractivity contribution in [1.82, 2.24) is 0 Å². The number of halogens is 2. The Balaban J connectivity index is 1.63. The maximum atomic E-state index is 13.7. The fourth-order valence-electron chi connectivity index (χ4n) is 3.13. The molecule has 4 heteroatoms. The summed E-state index contributed by atoms with van der Waals surface area (Å²) in [6, 6.07) is 17.0. The van der Waals surface area contributed by atoms with Gasteiger partial charge in [0.25, 0.3) is 5.91 Å². The van der Waals surface area contributed by atoms with Gasteiger partial charge >= 0.3 is 0 Å². The third kappa shape index (κ3) is 2.36. The molecule has 0 radical (unpaired) electrons. The molecule has 0 fully saturated rings. The molecule has 3 aromatic rings. The first-order valence-electron chi connectivity index (χ1n) is 7.60. The summed E-state index contributed by atoms with van der Waals surface area (Å²) in [5, 5.41) is 2.58. The lowest BCUT2D eigenvalue weighted by Gasteiger charge is -2.09. The highest BCUT2D eigenvalue weighted by molar-refractivity contribution is 6.04. The number of carbonyl (C=O) groups is 1. The number of carbonyl (C=O) groups excluding carboxylic acids is 1. The highest BCUT2D eigenvalue weighted by Crippen LogP contribution is 2.37. The fraction of sp³-hybridized carbons (Fsp3) is 0.0500. The van der Waals surface area contributed by atoms with Crippen LogP contribution in [-0.2, 0) is 6.42 Å². The van der Waals surface area contributed by atoms with Gasteiger partial charge in [-0.2, -0.15) is 0 Å². The average molecular weight is 321 g/mol. The summed E-state index contributed by atoms with van der Waals surface area (Å²) in [5.74, 6) is -2.54. The summed E-state index contributed by atoms with van der Waals surface area (Å²) in [4.78, 5) is 12.2. The van der Waals surface area contributed by atoms with E-state index in [1.54, 1.807) is 6.07 Å². The molecule has 0 spiro atoms. The van der Waals surface area contributed by atoms with Gasteiger partial charge in [0.05, 0.1) is 0 Å². The van der Waals surface area contributed by atoms with Crippen LogP contribution < -0.4 is 5.32 Å². The Kier molecular flexibility index (Phi) is 3.38. The van der Waals surface area contributed by atoms with Crippen LogP contribution in [0.5, 0.6) is 0 Å². The number of rotatable bonds is 2. The normalized spacial score (nSPS) is 11.8. The average Bonchev–Trinajstić information content (AvgIpc) is 2.92. The minimum atomic E-state index is -0.874. The van der Waals surface area contributed by atoms with Gasteiger partial charge in [-0.05, 0) is 52.9 Å². The second-order valence-corrected chi connectivity index (χ2v) is 5.76. The molecule has 0 bridgehead atoms. The van der Waals surface area contributed by atoms with Gasteiger partial charge in [0, 0.05) is 5.69 Å². The molecule has 4 rings (SSSR count). The Hall–Kier alpha value is -3.01. The molecule has 0 saturated heterocycles. The van der Waals surface area contributed by atoms with Crippen LogP contribution >= 0.6 is 0 Å². The fourth-order valence-corrected chi connectivity index (χ4v) is 3.13. The lowest BCUT2D eigenvalue weighted by molar-refractivity contribution is 0.101. The second kappa shape index (κ2) is 5.57. The quantitative estimate of drug-likeness (QED) is 0.565. The van der Waals surface area contributed by atoms with Crippen LogP contribution in [0.4, 0.5) is 14.5 Å². The van der Waals surface area contributed by atoms with Crippen molar-refractivity contribution in [3.63, 3.8) is 0 Å². The van der Waals surface area contributed by atoms with Crippen LogP contribution in [0.25, 0.3) is 11.1 Å². The maximum absolute atomic E-state index is 13.7. The van der Waals surface area contributed by atoms with Crippen molar-refractivity contribution < 1.29 is 13.6 Å². The molecule has 24 heavy (non-hydrogen) atoms. The minimum Gasteiger partial charge on any atom is -0.322 e. The Morgan fingerprint density at radius 1 is 0.833 bits per heavy atom. The molecule has 1 aliphatic rings. The molecule has 0 heterocycles. The molecule has 3 aromatic carbocycles. The summed E-state index contributed by atoms with van der Waals surface area (Å²) in [6.07, 6.45) is 0.781. The second-order valence-electron chi connectivity index (χ2n) is 5.76. The van der Waals surface area contributed by atoms with Gasteiger partial charge in [0.2, 0.25) is 0 Å². The van der Waals surface area contributed by atoms with Gasteiger partial charge in [-0.25, -0.2) is 8.78 Å². The van der Waals surface area contributed by atoms with Crippen LogP contribution in [0.1, 0.15) is 21.5 Å². The Bertz CT molecular complexity index is 945. The van der Waals surface area contributed by atoms with Crippen LogP contribution in [0, 0.1) is 11.6 Å². The number of hydrogen-bond acceptors (Lipinski definition) is 1. The van der Waals surface area contributed by atoms with E-state index in [1.165, 1.54) is 17.2 Å². The molecule has 1 amide bonds. The topological polar surface area (TPSA) is 29.1 Å². The molecular weight excluding hydrogens is 308 g/mol. The number of hydrogen-bond donors (Lipinski definition) is 1. The van der Waals surface area contributed by atoms with Crippen molar-refractivity contribution in [2.24, 2.45) is 0 Å². The van der Waals surface area contributed by atoms with Crippen LogP contribution in [0.3, 0.4) is 0 Å². The first-order valence-corrected chi connectivity index (χ1v) is 7.60. The van der Waals surface area contributed by atoms with Crippen molar-refractivity contribution in [3.8, 4) is 11.1 Å². The van der Waals surface area contributed by atoms with Gasteiger partial charge in [-0.15, -0.1) is 0 Å². The Morgan fingerprint density at radius 3 is 2.33 bits per heavy atom. The highest BCUT2D eigenvalue weighted by Gasteiger charge is 2.20. The number of nitrogens with one attached hydrogen (secondary N) is 1. The van der Waals surface area contributed by atoms with E-state index in [1.807, 2.05) is 24.3 Å². The Labute approximate surface area is 137 Å². The van der Waals surface area contributed by atoms with E-state index in [4.69, 9.17) is 0 Å². The monoisotopic (exact) mass is 321 g/mol. The predicted octanol–water partition coefficient (Wildman–Crippen LogP) is 4.79. The van der Waals surface area contributed by atoms with Gasteiger partial charge in [-0.3, -0.25) is 4.79 Å². The first kappa shape index (κ1) is 14.6. The van der Waals surface area contributed by atoms with E-state index >= 15 is 0 Å². The third-order valence-electron chi connectivity index (χ3n) is 4.24. The maximum Gasteiger partial charge on any atom is 0.261 e. The van der Waals surface area contributed by atoms with Gasteiger partial charge in [0.1, 0.15) is 17.2 Å². The van der Waals surface area contributed by atoms with Gasteiger partial charge in [0.15, 0.2) is 0 Å². The molecule has 0 aliphatic heterocycles. The molecule has 118 valence electrons. The predicted molar refractivity (Wildman–Crippen MR) is 89.0 cm³/mol. The summed E-state index contributed by atoms with van der Waals surface area (Å²) >= 11 is 0. The number of benzene rings is 3. The first-order chi connectivity index (χ1) is 11.6. The molecule has 1 aliphatic carbocycles. The lowest BCUT2D eigenvalue weighted by Crippen LogP contribution is -2.15. The number of fused-ring (bicyclic) bond motifs is 3. The molecule has 0 aromatic heterocycles. The Morgan fingerprint density at radius 2 is 1.54 bits per heavy atom. The van der Waals surface area contributed by atoms with Crippen molar-refractivity contribution in [2.45, 2.75) is 6.42 Å². The SMILES string of the molecule is O=C(Nc1ccc2c(c1)Cc1ccccc1-2)c1c(F)cccc1F. The summed E-state index contributed by atoms with van der Waals surface area (Å²) in [6.45, 7) is 0. The largest absolute Gasteiger partial charge is 0.322 e. The van der Waals surface area contributed by atoms with Gasteiger partial charge < -0.3 is 5.32 Å². The van der Waals surface area contributed by atoms with E-state index in [0.717, 1.165) is 29.7 Å². The molecule has 1 N–H and O–H groups in total. The van der Waals surface area contributed by atoms with Crippen molar-refractivity contribution in [2.75, 3.05) is 5.32 Å². The smallest absolute Gasteiger partial charge is 0.261 e. The van der Waals surface area contributed by atoms with Crippen LogP contribution in [0.2, 0.25) is 0 Å². The summed E-state index contributed by atoms with van der Waals surface area (Å²) in [7, 11) is 0. The van der Waals surface area contributed by atoms with Gasteiger partial charge in [-0.1, -0.05) is 36.4 Å². The molecular formula is C20H13F2NO. The number of anilines is 1. The standard InChI is InChI=1S/C20H13F2NO/c21-17-6-3-7-18(22)19(17)20(24)23-14-8-9-16-13(11-14)10-12-4-1-2-5-15(12)16/h1-9,11H,10H2,(H,23,24). The molecule has 0 unspecified atom stereocenters. The zero-order chi connectivity index (χ0) is 16.7. The molecule has 0 atom stereocenters. The van der Waals surface area contributed by atoms with Crippen molar-refractivity contribution >= 4 is 11.6 Å². The number of amides is 1. The van der Waals surface area contributed by atoms with E-state index in [0.29, 0.717) is 5.69 Å². The zero-order valence-electron chi connectivity index (χ0n) is 12.6. The molecule has 0 saturated carbocycles. The zero-order valence-corrected chi connectivity index (χ0v) is 12.6. The minimum absolute atomic E-state index is 0.522. The van der Waals surface area contributed by atoms with E-state index in [2.05, 4.69) is 17.4 Å². The van der Waals surface area contributed by atoms with E-state index in [-0.39, 0.29) is 0 Å². The van der Waals surface area contributed by atoms with E-state index < -0.39 is 23.1 Å². The highest BCUT2D eigenvalue weighted by atomic mass is 19.1. The van der Waals surface area contributed by atoms with Crippen molar-refractivity contribution in [3.05, 3.63) is 89.0 Å². The van der Waals surface area contributed by atoms with Crippen LogP contribution in [0.15, 0.2) is 60.7 Å². The summed E-state index contributed by atoms with van der Waals surface area (Å²) in [5.41, 5.74) is 4.58.